The molecule has 1 aliphatic heterocycles. The van der Waals surface area contributed by atoms with Gasteiger partial charge in [-0.2, -0.15) is 9.97 Å². The molecule has 29 heavy (non-hydrogen) atoms. The molecule has 0 bridgehead atoms. The van der Waals surface area contributed by atoms with Crippen LogP contribution in [0.5, 0.6) is 0 Å². The number of rotatable bonds is 5. The van der Waals surface area contributed by atoms with E-state index in [9.17, 15) is 0 Å². The van der Waals surface area contributed by atoms with Crippen molar-refractivity contribution in [2.75, 3.05) is 11.5 Å². The topological polar surface area (TPSA) is 103 Å². The van der Waals surface area contributed by atoms with Gasteiger partial charge in [0, 0.05) is 30.1 Å². The van der Waals surface area contributed by atoms with Crippen LogP contribution < -0.4 is 5.73 Å². The molecule has 3 heterocycles. The van der Waals surface area contributed by atoms with Crippen molar-refractivity contribution < 1.29 is 4.74 Å². The lowest BCUT2D eigenvalue weighted by atomic mass is 9.94. The van der Waals surface area contributed by atoms with Gasteiger partial charge in [0.05, 0.1) is 18.2 Å². The lowest BCUT2D eigenvalue weighted by molar-refractivity contribution is 0.103. The maximum atomic E-state index is 6.66. The molecule has 0 aliphatic carbocycles. The molecule has 0 unspecified atom stereocenters. The Bertz CT molecular complexity index is 1200. The lowest BCUT2D eigenvalue weighted by Gasteiger charge is -2.20. The lowest BCUT2D eigenvalue weighted by Crippen LogP contribution is -2.07. The number of halogens is 1. The SMILES string of the molecule is Nc1nc(SCCc2ncc[nH]2)nc(-c2c(Cl)cc3c4c(cccc24)COC3)n1. The second-order valence-corrected chi connectivity index (χ2v) is 8.13. The molecular weight excluding hydrogens is 408 g/mol. The van der Waals surface area contributed by atoms with Crippen molar-refractivity contribution in [1.29, 1.82) is 0 Å². The van der Waals surface area contributed by atoms with Crippen LogP contribution in [0.1, 0.15) is 17.0 Å². The Morgan fingerprint density at radius 2 is 2.07 bits per heavy atom. The minimum Gasteiger partial charge on any atom is -0.372 e. The molecule has 0 fully saturated rings. The van der Waals surface area contributed by atoms with E-state index in [1.165, 1.54) is 11.8 Å². The highest BCUT2D eigenvalue weighted by molar-refractivity contribution is 7.99. The Labute approximate surface area is 176 Å². The molecule has 3 N–H and O–H groups in total. The summed E-state index contributed by atoms with van der Waals surface area (Å²) in [5, 5.41) is 3.31. The number of ether oxygens (including phenoxy) is 1. The number of imidazole rings is 1. The van der Waals surface area contributed by atoms with E-state index in [4.69, 9.17) is 22.1 Å². The second kappa shape index (κ2) is 7.62. The highest BCUT2D eigenvalue weighted by Crippen LogP contribution is 2.39. The molecule has 0 saturated heterocycles. The summed E-state index contributed by atoms with van der Waals surface area (Å²) in [6, 6.07) is 8.05. The first-order valence-corrected chi connectivity index (χ1v) is 10.5. The molecular formula is C20H17ClN6OS. The normalized spacial score (nSPS) is 13.1. The average molecular weight is 425 g/mol. The number of hydrogen-bond acceptors (Lipinski definition) is 7. The zero-order chi connectivity index (χ0) is 19.8. The predicted molar refractivity (Wildman–Crippen MR) is 114 cm³/mol. The van der Waals surface area contributed by atoms with Gasteiger partial charge in [0.2, 0.25) is 5.95 Å². The molecule has 1 aliphatic rings. The minimum atomic E-state index is 0.176. The first-order chi connectivity index (χ1) is 14.2. The number of nitrogens with zero attached hydrogens (tertiary/aromatic N) is 4. The molecule has 0 spiro atoms. The third-order valence-electron chi connectivity index (χ3n) is 4.78. The van der Waals surface area contributed by atoms with Crippen molar-refractivity contribution in [1.82, 2.24) is 24.9 Å². The number of H-pyrrole nitrogens is 1. The van der Waals surface area contributed by atoms with Crippen LogP contribution in [0.3, 0.4) is 0 Å². The summed E-state index contributed by atoms with van der Waals surface area (Å²) in [7, 11) is 0. The van der Waals surface area contributed by atoms with Crippen molar-refractivity contribution in [2.24, 2.45) is 0 Å². The fraction of sp³-hybridized carbons (Fsp3) is 0.200. The predicted octanol–water partition coefficient (Wildman–Crippen LogP) is 4.02. The molecule has 2 aromatic heterocycles. The summed E-state index contributed by atoms with van der Waals surface area (Å²) in [5.41, 5.74) is 8.98. The van der Waals surface area contributed by atoms with Crippen LogP contribution >= 0.6 is 23.4 Å². The maximum absolute atomic E-state index is 6.66. The van der Waals surface area contributed by atoms with Gasteiger partial charge < -0.3 is 15.5 Å². The van der Waals surface area contributed by atoms with Gasteiger partial charge in [-0.15, -0.1) is 0 Å². The van der Waals surface area contributed by atoms with Gasteiger partial charge in [0.1, 0.15) is 5.82 Å². The summed E-state index contributed by atoms with van der Waals surface area (Å²) in [6.07, 6.45) is 4.33. The summed E-state index contributed by atoms with van der Waals surface area (Å²) >= 11 is 8.17. The second-order valence-electron chi connectivity index (χ2n) is 6.66. The highest BCUT2D eigenvalue weighted by atomic mass is 35.5. The van der Waals surface area contributed by atoms with E-state index >= 15 is 0 Å². The van der Waals surface area contributed by atoms with Crippen molar-refractivity contribution in [2.45, 2.75) is 24.8 Å². The van der Waals surface area contributed by atoms with Crippen molar-refractivity contribution in [3.63, 3.8) is 0 Å². The third-order valence-corrected chi connectivity index (χ3v) is 5.92. The molecule has 0 atom stereocenters. The number of nitrogens with two attached hydrogens (primary N) is 1. The number of nitrogen functional groups attached to an aromatic ring is 1. The smallest absolute Gasteiger partial charge is 0.224 e. The van der Waals surface area contributed by atoms with E-state index in [2.05, 4.69) is 31.0 Å². The Morgan fingerprint density at radius 3 is 2.93 bits per heavy atom. The number of aromatic amines is 1. The molecule has 7 nitrogen and oxygen atoms in total. The van der Waals surface area contributed by atoms with Crippen LogP contribution in [0.2, 0.25) is 5.02 Å². The zero-order valence-corrected chi connectivity index (χ0v) is 16.9. The van der Waals surface area contributed by atoms with Crippen LogP contribution in [0, 0.1) is 0 Å². The van der Waals surface area contributed by atoms with Gasteiger partial charge in [-0.05, 0) is 28.0 Å². The van der Waals surface area contributed by atoms with Crippen LogP contribution in [0.15, 0.2) is 41.8 Å². The number of benzene rings is 2. The van der Waals surface area contributed by atoms with Gasteiger partial charge in [-0.25, -0.2) is 9.97 Å². The van der Waals surface area contributed by atoms with E-state index in [0.29, 0.717) is 29.2 Å². The number of nitrogens with one attached hydrogen (secondary N) is 1. The van der Waals surface area contributed by atoms with E-state index in [0.717, 1.165) is 45.5 Å². The molecule has 0 radical (unpaired) electrons. The monoisotopic (exact) mass is 424 g/mol. The summed E-state index contributed by atoms with van der Waals surface area (Å²) in [4.78, 5) is 20.6. The maximum Gasteiger partial charge on any atom is 0.224 e. The minimum absolute atomic E-state index is 0.176. The average Bonchev–Trinajstić information content (AvgIpc) is 3.21. The first-order valence-electron chi connectivity index (χ1n) is 9.13. The largest absolute Gasteiger partial charge is 0.372 e. The fourth-order valence-electron chi connectivity index (χ4n) is 3.57. The number of anilines is 1. The number of thioether (sulfide) groups is 1. The Hall–Kier alpha value is -2.68. The molecule has 2 aromatic carbocycles. The summed E-state index contributed by atoms with van der Waals surface area (Å²) in [5.74, 6) is 2.35. The molecule has 0 amide bonds. The van der Waals surface area contributed by atoms with E-state index in [1.807, 2.05) is 24.4 Å². The quantitative estimate of drug-likeness (QED) is 0.466. The van der Waals surface area contributed by atoms with Crippen molar-refractivity contribution in [3.8, 4) is 11.4 Å². The number of aryl methyl sites for hydroxylation is 1. The zero-order valence-electron chi connectivity index (χ0n) is 15.4. The Morgan fingerprint density at radius 1 is 1.17 bits per heavy atom. The molecule has 4 aromatic rings. The third kappa shape index (κ3) is 3.55. The molecule has 9 heteroatoms. The van der Waals surface area contributed by atoms with Gasteiger partial charge in [0.15, 0.2) is 11.0 Å². The Balaban J connectivity index is 1.54. The Kier molecular flexibility index (Phi) is 4.83. The van der Waals surface area contributed by atoms with E-state index in [-0.39, 0.29) is 5.95 Å². The van der Waals surface area contributed by atoms with Gasteiger partial charge in [-0.3, -0.25) is 0 Å². The fourth-order valence-corrected chi connectivity index (χ4v) is 4.67. The molecule has 5 rings (SSSR count). The van der Waals surface area contributed by atoms with Crippen LogP contribution in [-0.2, 0) is 24.4 Å². The van der Waals surface area contributed by atoms with E-state index < -0.39 is 0 Å². The van der Waals surface area contributed by atoms with Gasteiger partial charge in [-0.1, -0.05) is 41.6 Å². The van der Waals surface area contributed by atoms with Crippen LogP contribution in [0.4, 0.5) is 5.95 Å². The number of hydrogen-bond donors (Lipinski definition) is 2. The first kappa shape index (κ1) is 18.4. The number of aromatic nitrogens is 5. The summed E-state index contributed by atoms with van der Waals surface area (Å²) in [6.45, 7) is 1.12. The molecule has 0 saturated carbocycles. The van der Waals surface area contributed by atoms with Crippen molar-refractivity contribution >= 4 is 40.1 Å². The highest BCUT2D eigenvalue weighted by Gasteiger charge is 2.21. The van der Waals surface area contributed by atoms with E-state index in [1.54, 1.807) is 6.20 Å². The van der Waals surface area contributed by atoms with Crippen molar-refractivity contribution in [3.05, 3.63) is 58.6 Å². The standard InChI is InChI=1S/C20H17ClN6OS/c21-14-8-12-10-28-9-11-2-1-3-13(16(11)12)17(14)18-25-19(22)27-20(26-18)29-7-4-15-23-5-6-24-15/h1-3,5-6,8H,4,7,9-10H2,(H,23,24)(H2,22,25,26,27). The van der Waals surface area contributed by atoms with Gasteiger partial charge >= 0.3 is 0 Å². The molecule has 146 valence electrons. The summed E-state index contributed by atoms with van der Waals surface area (Å²) < 4.78 is 5.67. The van der Waals surface area contributed by atoms with Crippen LogP contribution in [0.25, 0.3) is 22.2 Å². The van der Waals surface area contributed by atoms with Crippen LogP contribution in [-0.4, -0.2) is 30.7 Å². The van der Waals surface area contributed by atoms with Gasteiger partial charge in [0.25, 0.3) is 0 Å².